The molecule has 2 rings (SSSR count). The monoisotopic (exact) mass is 257 g/mol. The van der Waals surface area contributed by atoms with Crippen molar-refractivity contribution in [2.75, 3.05) is 31.1 Å². The maximum Gasteiger partial charge on any atom is 0.226 e. The average molecular weight is 257 g/mol. The van der Waals surface area contributed by atoms with Gasteiger partial charge in [-0.1, -0.05) is 6.08 Å². The van der Waals surface area contributed by atoms with Gasteiger partial charge >= 0.3 is 0 Å². The SMILES string of the molecule is C=CCC(=O)N1CCN(c2cnc(C#N)cn2)CC1. The molecule has 19 heavy (non-hydrogen) atoms. The fourth-order valence-corrected chi connectivity index (χ4v) is 1.98. The molecule has 0 bridgehead atoms. The summed E-state index contributed by atoms with van der Waals surface area (Å²) in [7, 11) is 0. The Labute approximate surface area is 112 Å². The van der Waals surface area contributed by atoms with Crippen LogP contribution in [0.25, 0.3) is 0 Å². The smallest absolute Gasteiger partial charge is 0.226 e. The van der Waals surface area contributed by atoms with E-state index in [0.717, 1.165) is 18.9 Å². The summed E-state index contributed by atoms with van der Waals surface area (Å²) in [5.41, 5.74) is 0.309. The van der Waals surface area contributed by atoms with Crippen molar-refractivity contribution in [1.29, 1.82) is 5.26 Å². The molecule has 2 heterocycles. The van der Waals surface area contributed by atoms with E-state index in [1.54, 1.807) is 12.3 Å². The summed E-state index contributed by atoms with van der Waals surface area (Å²) in [4.78, 5) is 23.8. The Morgan fingerprint density at radius 2 is 2.11 bits per heavy atom. The van der Waals surface area contributed by atoms with Gasteiger partial charge in [-0.25, -0.2) is 9.97 Å². The summed E-state index contributed by atoms with van der Waals surface area (Å²) in [5.74, 6) is 0.857. The Bertz CT molecular complexity index is 497. The van der Waals surface area contributed by atoms with Crippen LogP contribution < -0.4 is 4.90 Å². The first-order valence-corrected chi connectivity index (χ1v) is 6.10. The van der Waals surface area contributed by atoms with Gasteiger partial charge in [-0.15, -0.1) is 6.58 Å². The van der Waals surface area contributed by atoms with Crippen LogP contribution >= 0.6 is 0 Å². The van der Waals surface area contributed by atoms with Gasteiger partial charge < -0.3 is 9.80 Å². The van der Waals surface area contributed by atoms with E-state index in [-0.39, 0.29) is 5.91 Å². The van der Waals surface area contributed by atoms with Crippen molar-refractivity contribution >= 4 is 11.7 Å². The number of amides is 1. The minimum Gasteiger partial charge on any atom is -0.352 e. The summed E-state index contributed by atoms with van der Waals surface area (Å²) in [6.45, 7) is 6.37. The van der Waals surface area contributed by atoms with Crippen LogP contribution in [0.3, 0.4) is 0 Å². The fourth-order valence-electron chi connectivity index (χ4n) is 1.98. The third-order valence-electron chi connectivity index (χ3n) is 3.03. The number of carbonyl (C=O) groups is 1. The lowest BCUT2D eigenvalue weighted by atomic mass is 10.2. The van der Waals surface area contributed by atoms with Gasteiger partial charge in [0.1, 0.15) is 11.9 Å². The molecule has 0 aromatic carbocycles. The number of nitrogens with zero attached hydrogens (tertiary/aromatic N) is 5. The predicted octanol–water partition coefficient (Wildman–Crippen LogP) is 0.573. The Balaban J connectivity index is 1.94. The molecule has 1 aromatic heterocycles. The van der Waals surface area contributed by atoms with E-state index in [2.05, 4.69) is 21.4 Å². The summed E-state index contributed by atoms with van der Waals surface area (Å²) in [6.07, 6.45) is 5.07. The highest BCUT2D eigenvalue weighted by Crippen LogP contribution is 2.12. The lowest BCUT2D eigenvalue weighted by Crippen LogP contribution is -2.48. The number of anilines is 1. The van der Waals surface area contributed by atoms with Gasteiger partial charge in [0.25, 0.3) is 0 Å². The zero-order chi connectivity index (χ0) is 13.7. The number of hydrogen-bond acceptors (Lipinski definition) is 5. The standard InChI is InChI=1S/C13H15N5O/c1-2-3-13(19)18-6-4-17(5-7-18)12-10-15-11(8-14)9-16-12/h2,9-10H,1,3-7H2. The van der Waals surface area contributed by atoms with E-state index >= 15 is 0 Å². The number of piperazine rings is 1. The lowest BCUT2D eigenvalue weighted by Gasteiger charge is -2.35. The predicted molar refractivity (Wildman–Crippen MR) is 70.4 cm³/mol. The van der Waals surface area contributed by atoms with Crippen molar-refractivity contribution in [3.8, 4) is 6.07 Å². The van der Waals surface area contributed by atoms with Crippen LogP contribution in [0.1, 0.15) is 12.1 Å². The van der Waals surface area contributed by atoms with E-state index < -0.39 is 0 Å². The van der Waals surface area contributed by atoms with Crippen LogP contribution in [0.15, 0.2) is 25.0 Å². The maximum absolute atomic E-state index is 11.7. The highest BCUT2D eigenvalue weighted by molar-refractivity contribution is 5.77. The van der Waals surface area contributed by atoms with Crippen molar-refractivity contribution in [1.82, 2.24) is 14.9 Å². The number of rotatable bonds is 3. The third-order valence-corrected chi connectivity index (χ3v) is 3.03. The summed E-state index contributed by atoms with van der Waals surface area (Å²) in [5, 5.41) is 8.67. The molecular formula is C13H15N5O. The molecule has 1 aromatic rings. The Hall–Kier alpha value is -2.42. The minimum absolute atomic E-state index is 0.112. The van der Waals surface area contributed by atoms with Crippen LogP contribution in [0, 0.1) is 11.3 Å². The number of nitriles is 1. The molecule has 0 radical (unpaired) electrons. The first kappa shape index (κ1) is 13.0. The molecule has 6 nitrogen and oxygen atoms in total. The van der Waals surface area contributed by atoms with Gasteiger partial charge in [0.15, 0.2) is 5.69 Å². The van der Waals surface area contributed by atoms with E-state index in [1.807, 2.05) is 11.0 Å². The van der Waals surface area contributed by atoms with Gasteiger partial charge in [0.05, 0.1) is 12.4 Å². The van der Waals surface area contributed by atoms with Crippen molar-refractivity contribution in [2.45, 2.75) is 6.42 Å². The molecule has 1 aliphatic heterocycles. The molecule has 1 saturated heterocycles. The topological polar surface area (TPSA) is 73.1 Å². The van der Waals surface area contributed by atoms with Crippen LogP contribution in [-0.4, -0.2) is 47.0 Å². The molecule has 0 atom stereocenters. The number of hydrogen-bond donors (Lipinski definition) is 0. The van der Waals surface area contributed by atoms with Gasteiger partial charge in [-0.3, -0.25) is 4.79 Å². The summed E-state index contributed by atoms with van der Waals surface area (Å²) >= 11 is 0. The minimum atomic E-state index is 0.112. The molecule has 0 saturated carbocycles. The molecule has 0 aliphatic carbocycles. The van der Waals surface area contributed by atoms with Crippen molar-refractivity contribution < 1.29 is 4.79 Å². The Morgan fingerprint density at radius 1 is 1.37 bits per heavy atom. The first-order chi connectivity index (χ1) is 9.24. The van der Waals surface area contributed by atoms with Gasteiger partial charge in [0.2, 0.25) is 5.91 Å². The second-order valence-electron chi connectivity index (χ2n) is 4.23. The first-order valence-electron chi connectivity index (χ1n) is 6.10. The van der Waals surface area contributed by atoms with Gasteiger partial charge in [-0.05, 0) is 0 Å². The van der Waals surface area contributed by atoms with Crippen LogP contribution in [-0.2, 0) is 4.79 Å². The molecule has 0 unspecified atom stereocenters. The van der Waals surface area contributed by atoms with Crippen LogP contribution in [0.2, 0.25) is 0 Å². The molecule has 98 valence electrons. The second-order valence-corrected chi connectivity index (χ2v) is 4.23. The largest absolute Gasteiger partial charge is 0.352 e. The molecule has 1 aliphatic rings. The summed E-state index contributed by atoms with van der Waals surface area (Å²) in [6, 6.07) is 1.94. The summed E-state index contributed by atoms with van der Waals surface area (Å²) < 4.78 is 0. The zero-order valence-electron chi connectivity index (χ0n) is 10.6. The van der Waals surface area contributed by atoms with Crippen molar-refractivity contribution in [2.24, 2.45) is 0 Å². The van der Waals surface area contributed by atoms with Crippen molar-refractivity contribution in [3.05, 3.63) is 30.7 Å². The van der Waals surface area contributed by atoms with Gasteiger partial charge in [0, 0.05) is 32.6 Å². The Kier molecular flexibility index (Phi) is 4.08. The zero-order valence-corrected chi connectivity index (χ0v) is 10.6. The molecule has 0 N–H and O–H groups in total. The number of carbonyl (C=O) groups excluding carboxylic acids is 1. The van der Waals surface area contributed by atoms with E-state index in [1.165, 1.54) is 6.20 Å². The molecule has 1 amide bonds. The van der Waals surface area contributed by atoms with E-state index in [0.29, 0.717) is 25.2 Å². The highest BCUT2D eigenvalue weighted by Gasteiger charge is 2.21. The molecule has 0 spiro atoms. The highest BCUT2D eigenvalue weighted by atomic mass is 16.2. The average Bonchev–Trinajstić information content (AvgIpc) is 2.48. The Morgan fingerprint density at radius 3 is 2.63 bits per heavy atom. The number of aromatic nitrogens is 2. The second kappa shape index (κ2) is 5.96. The fraction of sp³-hybridized carbons (Fsp3) is 0.385. The third kappa shape index (κ3) is 3.07. The van der Waals surface area contributed by atoms with E-state index in [9.17, 15) is 4.79 Å². The molecule has 6 heteroatoms. The van der Waals surface area contributed by atoms with Crippen LogP contribution in [0.5, 0.6) is 0 Å². The quantitative estimate of drug-likeness (QED) is 0.740. The molecule has 1 fully saturated rings. The van der Waals surface area contributed by atoms with Crippen molar-refractivity contribution in [3.63, 3.8) is 0 Å². The molecular weight excluding hydrogens is 242 g/mol. The lowest BCUT2D eigenvalue weighted by molar-refractivity contribution is -0.130. The van der Waals surface area contributed by atoms with Gasteiger partial charge in [-0.2, -0.15) is 5.26 Å². The van der Waals surface area contributed by atoms with Crippen LogP contribution in [0.4, 0.5) is 5.82 Å². The van der Waals surface area contributed by atoms with E-state index in [4.69, 9.17) is 5.26 Å². The maximum atomic E-state index is 11.7. The normalized spacial score (nSPS) is 14.9.